The lowest BCUT2D eigenvalue weighted by molar-refractivity contribution is -0.571. The Kier molecular flexibility index (Phi) is 3.51. The predicted octanol–water partition coefficient (Wildman–Crippen LogP) is 3.63. The Bertz CT molecular complexity index is 848. The zero-order valence-corrected chi connectivity index (χ0v) is 14.7. The second kappa shape index (κ2) is 5.15. The zero-order valence-electron chi connectivity index (χ0n) is 14.7. The Labute approximate surface area is 137 Å². The first-order valence-corrected chi connectivity index (χ1v) is 7.96. The fourth-order valence-corrected chi connectivity index (χ4v) is 2.48. The molecule has 4 nitrogen and oxygen atoms in total. The number of nitrogens with zero attached hydrogens (tertiary/aromatic N) is 3. The molecule has 3 rings (SSSR count). The Morgan fingerprint density at radius 3 is 2.43 bits per heavy atom. The lowest BCUT2D eigenvalue weighted by atomic mass is 9.87. The van der Waals surface area contributed by atoms with E-state index in [1.54, 1.807) is 0 Å². The molecule has 0 saturated heterocycles. The monoisotopic (exact) mass is 308 g/mol. The molecule has 0 radical (unpaired) electrons. The smallest absolute Gasteiger partial charge is 0.243 e. The van der Waals surface area contributed by atoms with Crippen molar-refractivity contribution in [2.24, 2.45) is 0 Å². The van der Waals surface area contributed by atoms with Gasteiger partial charge in [-0.2, -0.15) is 0 Å². The quantitative estimate of drug-likeness (QED) is 0.551. The van der Waals surface area contributed by atoms with Gasteiger partial charge in [0.2, 0.25) is 6.33 Å². The third-order valence-corrected chi connectivity index (χ3v) is 3.94. The molecule has 0 atom stereocenters. The van der Waals surface area contributed by atoms with Crippen LogP contribution in [0.1, 0.15) is 52.9 Å². The molecule has 23 heavy (non-hydrogen) atoms. The van der Waals surface area contributed by atoms with Gasteiger partial charge in [0, 0.05) is 11.6 Å². The molecule has 0 amide bonds. The maximum Gasteiger partial charge on any atom is 0.243 e. The van der Waals surface area contributed by atoms with Crippen LogP contribution in [0.25, 0.3) is 16.9 Å². The van der Waals surface area contributed by atoms with Gasteiger partial charge in [-0.15, -0.1) is 0 Å². The van der Waals surface area contributed by atoms with E-state index in [0.29, 0.717) is 0 Å². The van der Waals surface area contributed by atoms with Crippen LogP contribution in [-0.2, 0) is 10.8 Å². The van der Waals surface area contributed by atoms with Crippen molar-refractivity contribution in [1.82, 2.24) is 15.0 Å². The van der Waals surface area contributed by atoms with Crippen LogP contribution in [0.2, 0.25) is 0 Å². The first kappa shape index (κ1) is 15.7. The average Bonchev–Trinajstić information content (AvgIpc) is 2.88. The summed E-state index contributed by atoms with van der Waals surface area (Å²) >= 11 is 0. The number of imidazole rings is 1. The van der Waals surface area contributed by atoms with Gasteiger partial charge in [-0.1, -0.05) is 65.8 Å². The fourth-order valence-electron chi connectivity index (χ4n) is 2.48. The molecule has 2 aromatic heterocycles. The van der Waals surface area contributed by atoms with Crippen LogP contribution >= 0.6 is 0 Å². The van der Waals surface area contributed by atoms with Crippen molar-refractivity contribution in [2.45, 2.75) is 52.4 Å². The van der Waals surface area contributed by atoms with Crippen LogP contribution in [0.4, 0.5) is 0 Å². The summed E-state index contributed by atoms with van der Waals surface area (Å²) in [5.74, 6) is 0.829. The van der Waals surface area contributed by atoms with Crippen LogP contribution < -0.4 is 4.57 Å². The first-order valence-electron chi connectivity index (χ1n) is 7.96. The van der Waals surface area contributed by atoms with Gasteiger partial charge in [0.1, 0.15) is 5.82 Å². The highest BCUT2D eigenvalue weighted by molar-refractivity contribution is 5.65. The number of fused-ring (bicyclic) bond motifs is 1. The number of H-pyrrole nitrogens is 1. The average molecular weight is 308 g/mol. The predicted molar refractivity (Wildman–Crippen MR) is 91.7 cm³/mol. The Morgan fingerprint density at radius 1 is 1.04 bits per heavy atom. The number of hydrogen-bond acceptors (Lipinski definition) is 2. The third kappa shape index (κ3) is 2.98. The summed E-state index contributed by atoms with van der Waals surface area (Å²) in [5, 5.41) is 0. The molecule has 1 N–H and O–H groups in total. The summed E-state index contributed by atoms with van der Waals surface area (Å²) in [5.41, 5.74) is 4.14. The van der Waals surface area contributed by atoms with E-state index >= 15 is 0 Å². The normalized spacial score (nSPS) is 12.8. The van der Waals surface area contributed by atoms with Crippen LogP contribution in [0.3, 0.4) is 0 Å². The molecule has 120 valence electrons. The number of aromatic amines is 1. The first-order chi connectivity index (χ1) is 10.7. The van der Waals surface area contributed by atoms with Gasteiger partial charge in [0.05, 0.1) is 11.2 Å². The molecule has 0 spiro atoms. The minimum atomic E-state index is -0.0731. The van der Waals surface area contributed by atoms with Crippen molar-refractivity contribution in [1.29, 1.82) is 0 Å². The molecule has 4 heteroatoms. The highest BCUT2D eigenvalue weighted by atomic mass is 15.1. The van der Waals surface area contributed by atoms with Gasteiger partial charge < -0.3 is 9.55 Å². The van der Waals surface area contributed by atoms with E-state index in [9.17, 15) is 0 Å². The molecule has 0 saturated carbocycles. The summed E-state index contributed by atoms with van der Waals surface area (Å²) in [6.07, 6.45) is 5.05. The number of rotatable bonds is 1. The standard InChI is InChI=1S/C19H24N4/c1-18(2,3)13-8-7-9-14(10-13)23-12-21-16-15(23)11-20-17(22-16)19(4,5)6/h7-11H,1-6H3,(H,20,21,22). The van der Waals surface area contributed by atoms with Crippen molar-refractivity contribution in [3.05, 3.63) is 48.2 Å². The zero-order chi connectivity index (χ0) is 16.8. The van der Waals surface area contributed by atoms with Crippen molar-refractivity contribution in [3.63, 3.8) is 0 Å². The molecule has 1 aromatic carbocycles. The summed E-state index contributed by atoms with van der Waals surface area (Å²) in [6.45, 7) is 13.0. The molecule has 0 aliphatic carbocycles. The molecule has 0 aliphatic heterocycles. The lowest BCUT2D eigenvalue weighted by Gasteiger charge is -2.20. The van der Waals surface area contributed by atoms with Crippen molar-refractivity contribution >= 4 is 11.2 Å². The van der Waals surface area contributed by atoms with Gasteiger partial charge in [-0.25, -0.2) is 9.97 Å². The van der Waals surface area contributed by atoms with Crippen molar-refractivity contribution in [3.8, 4) is 5.69 Å². The van der Waals surface area contributed by atoms with Crippen LogP contribution in [0, 0.1) is 6.33 Å². The molecule has 0 fully saturated rings. The summed E-state index contributed by atoms with van der Waals surface area (Å²) in [7, 11) is 0. The van der Waals surface area contributed by atoms with Gasteiger partial charge >= 0.3 is 0 Å². The summed E-state index contributed by atoms with van der Waals surface area (Å²) in [4.78, 5) is 12.3. The van der Waals surface area contributed by atoms with E-state index in [1.807, 2.05) is 10.8 Å². The number of benzene rings is 1. The molecular formula is C19H24N4. The summed E-state index contributed by atoms with van der Waals surface area (Å²) < 4.78 is 1.98. The third-order valence-electron chi connectivity index (χ3n) is 3.94. The minimum absolute atomic E-state index is 0.0731. The highest BCUT2D eigenvalue weighted by Crippen LogP contribution is 2.23. The van der Waals surface area contributed by atoms with Gasteiger partial charge in [0.15, 0.2) is 5.65 Å². The fraction of sp³-hybridized carbons (Fsp3) is 0.421. The summed E-state index contributed by atoms with van der Waals surface area (Å²) in [6, 6.07) is 8.52. The molecular weight excluding hydrogens is 284 g/mol. The van der Waals surface area contributed by atoms with E-state index in [1.165, 1.54) is 5.56 Å². The van der Waals surface area contributed by atoms with Gasteiger partial charge in [-0.3, -0.25) is 0 Å². The van der Waals surface area contributed by atoms with E-state index in [0.717, 1.165) is 22.7 Å². The Morgan fingerprint density at radius 2 is 1.78 bits per heavy atom. The van der Waals surface area contributed by atoms with E-state index in [-0.39, 0.29) is 10.8 Å². The molecule has 2 heterocycles. The molecule has 0 bridgehead atoms. The molecule has 0 unspecified atom stereocenters. The highest BCUT2D eigenvalue weighted by Gasteiger charge is 2.19. The van der Waals surface area contributed by atoms with Gasteiger partial charge in [-0.05, 0) is 11.0 Å². The van der Waals surface area contributed by atoms with Crippen molar-refractivity contribution < 1.29 is 4.57 Å². The number of nitrogens with one attached hydrogen (secondary N) is 1. The maximum absolute atomic E-state index is 4.65. The molecule has 0 aliphatic rings. The minimum Gasteiger partial charge on any atom is -0.317 e. The van der Waals surface area contributed by atoms with Crippen molar-refractivity contribution in [2.75, 3.05) is 0 Å². The van der Waals surface area contributed by atoms with E-state index in [2.05, 4.69) is 87.1 Å². The maximum atomic E-state index is 4.65. The largest absolute Gasteiger partial charge is 0.317 e. The SMILES string of the molecule is CC(C)(C)c1cccc(-[n+]2[c-][nH]c3nc(C(C)(C)C)ncc32)c1. The van der Waals surface area contributed by atoms with Crippen LogP contribution in [-0.4, -0.2) is 15.0 Å². The Hall–Kier alpha value is -2.23. The van der Waals surface area contributed by atoms with Crippen LogP contribution in [0.15, 0.2) is 30.5 Å². The van der Waals surface area contributed by atoms with Crippen LogP contribution in [0.5, 0.6) is 0 Å². The van der Waals surface area contributed by atoms with E-state index in [4.69, 9.17) is 0 Å². The van der Waals surface area contributed by atoms with E-state index < -0.39 is 0 Å². The van der Waals surface area contributed by atoms with Gasteiger partial charge in [0.25, 0.3) is 0 Å². The number of aromatic nitrogens is 4. The Balaban J connectivity index is 2.11. The molecule has 3 aromatic rings. The topological polar surface area (TPSA) is 45.5 Å². The second-order valence-electron chi connectivity index (χ2n) is 8.05. The lowest BCUT2D eigenvalue weighted by Crippen LogP contribution is -2.30. The second-order valence-corrected chi connectivity index (χ2v) is 8.05. The number of hydrogen-bond donors (Lipinski definition) is 1.